The number of rotatable bonds is 8. The minimum absolute atomic E-state index is 0.00321. The summed E-state index contributed by atoms with van der Waals surface area (Å²) in [5, 5.41) is 0. The summed E-state index contributed by atoms with van der Waals surface area (Å²) in [6.07, 6.45) is 0.994. The molecule has 0 saturated heterocycles. The molecule has 0 radical (unpaired) electrons. The van der Waals surface area contributed by atoms with Crippen LogP contribution in [0.2, 0.25) is 0 Å². The van der Waals surface area contributed by atoms with E-state index in [1.54, 1.807) is 0 Å². The van der Waals surface area contributed by atoms with Crippen molar-refractivity contribution in [2.24, 2.45) is 0 Å². The van der Waals surface area contributed by atoms with Crippen LogP contribution in [0.5, 0.6) is 5.75 Å². The third kappa shape index (κ3) is 4.21. The molecule has 1 N–H and O–H groups in total. The van der Waals surface area contributed by atoms with Gasteiger partial charge in [-0.15, -0.1) is 0 Å². The first kappa shape index (κ1) is 16.8. The number of nitrogens with one attached hydrogen (secondary N) is 1. The second-order valence-electron chi connectivity index (χ2n) is 5.15. The average molecular weight is 320 g/mol. The zero-order chi connectivity index (χ0) is 15.9. The fraction of sp³-hybridized carbons (Fsp3) is 0.471. The highest BCUT2D eigenvalue weighted by atomic mass is 32.1. The summed E-state index contributed by atoms with van der Waals surface area (Å²) in [5.41, 5.74) is 1.97. The van der Waals surface area contributed by atoms with Crippen molar-refractivity contribution in [3.05, 3.63) is 38.8 Å². The van der Waals surface area contributed by atoms with Crippen LogP contribution < -0.4 is 9.61 Å². The van der Waals surface area contributed by atoms with Crippen LogP contribution in [-0.2, 0) is 6.54 Å². The molecule has 2 aromatic rings. The van der Waals surface area contributed by atoms with Crippen LogP contribution in [0.15, 0.2) is 29.1 Å². The number of hydrogen-bond donors (Lipinski definition) is 1. The van der Waals surface area contributed by atoms with Crippen molar-refractivity contribution in [2.45, 2.75) is 33.7 Å². The molecule has 0 bridgehead atoms. The first-order valence-electron chi connectivity index (χ1n) is 7.85. The van der Waals surface area contributed by atoms with Gasteiger partial charge in [-0.3, -0.25) is 9.69 Å². The normalized spacial score (nSPS) is 11.1. The van der Waals surface area contributed by atoms with E-state index in [1.165, 1.54) is 11.3 Å². The zero-order valence-corrected chi connectivity index (χ0v) is 14.3. The van der Waals surface area contributed by atoms with E-state index >= 15 is 0 Å². The molecule has 22 heavy (non-hydrogen) atoms. The van der Waals surface area contributed by atoms with E-state index in [1.807, 2.05) is 24.3 Å². The molecule has 0 aliphatic rings. The Morgan fingerprint density at radius 2 is 1.82 bits per heavy atom. The SMILES string of the molecule is CCCOc1ccc(-c2[nH]c(=O)sc2CN(CC)CC)cc1. The summed E-state index contributed by atoms with van der Waals surface area (Å²) in [6.45, 7) is 9.85. The van der Waals surface area contributed by atoms with Crippen LogP contribution in [0.3, 0.4) is 0 Å². The largest absolute Gasteiger partial charge is 0.494 e. The smallest absolute Gasteiger partial charge is 0.305 e. The lowest BCUT2D eigenvalue weighted by Crippen LogP contribution is -2.21. The number of nitrogens with zero attached hydrogens (tertiary/aromatic N) is 1. The number of benzene rings is 1. The number of ether oxygens (including phenoxy) is 1. The standard InChI is InChI=1S/C17H24N2O2S/c1-4-11-21-14-9-7-13(8-10-14)16-15(22-17(20)18-16)12-19(5-2)6-3/h7-10H,4-6,11-12H2,1-3H3,(H,18,20). The van der Waals surface area contributed by atoms with E-state index < -0.39 is 0 Å². The van der Waals surface area contributed by atoms with Gasteiger partial charge in [-0.05, 0) is 49.3 Å². The van der Waals surface area contributed by atoms with Gasteiger partial charge in [0, 0.05) is 11.4 Å². The molecule has 2 rings (SSSR count). The van der Waals surface area contributed by atoms with Gasteiger partial charge in [0.1, 0.15) is 5.75 Å². The molecule has 0 amide bonds. The topological polar surface area (TPSA) is 45.3 Å². The van der Waals surface area contributed by atoms with Crippen LogP contribution >= 0.6 is 11.3 Å². The summed E-state index contributed by atoms with van der Waals surface area (Å²) >= 11 is 1.30. The first-order valence-corrected chi connectivity index (χ1v) is 8.67. The molecule has 0 unspecified atom stereocenters. The molecule has 0 saturated carbocycles. The van der Waals surface area contributed by atoms with Crippen molar-refractivity contribution in [3.63, 3.8) is 0 Å². The minimum Gasteiger partial charge on any atom is -0.494 e. The third-order valence-electron chi connectivity index (χ3n) is 3.60. The molecule has 0 atom stereocenters. The van der Waals surface area contributed by atoms with Gasteiger partial charge < -0.3 is 9.72 Å². The molecule has 1 heterocycles. The predicted molar refractivity (Wildman–Crippen MR) is 92.8 cm³/mol. The summed E-state index contributed by atoms with van der Waals surface area (Å²) in [6, 6.07) is 7.94. The zero-order valence-electron chi connectivity index (χ0n) is 13.5. The van der Waals surface area contributed by atoms with Gasteiger partial charge in [-0.25, -0.2) is 0 Å². The first-order chi connectivity index (χ1) is 10.7. The van der Waals surface area contributed by atoms with Crippen molar-refractivity contribution >= 4 is 11.3 Å². The van der Waals surface area contributed by atoms with Gasteiger partial charge in [0.2, 0.25) is 0 Å². The molecule has 0 aliphatic carbocycles. The van der Waals surface area contributed by atoms with E-state index in [0.29, 0.717) is 0 Å². The van der Waals surface area contributed by atoms with E-state index in [-0.39, 0.29) is 4.87 Å². The molecule has 0 spiro atoms. The Bertz CT molecular complexity index is 627. The van der Waals surface area contributed by atoms with Crippen LogP contribution in [0, 0.1) is 0 Å². The number of thiazole rings is 1. The van der Waals surface area contributed by atoms with Gasteiger partial charge in [-0.2, -0.15) is 0 Å². The number of hydrogen-bond acceptors (Lipinski definition) is 4. The average Bonchev–Trinajstić information content (AvgIpc) is 2.91. The van der Waals surface area contributed by atoms with Gasteiger partial charge in [0.15, 0.2) is 0 Å². The maximum absolute atomic E-state index is 11.8. The Balaban J connectivity index is 2.22. The van der Waals surface area contributed by atoms with Crippen molar-refractivity contribution in [1.29, 1.82) is 0 Å². The Morgan fingerprint density at radius 3 is 2.41 bits per heavy atom. The molecular weight excluding hydrogens is 296 g/mol. The molecule has 1 aromatic carbocycles. The van der Waals surface area contributed by atoms with Crippen molar-refractivity contribution in [3.8, 4) is 17.0 Å². The van der Waals surface area contributed by atoms with Crippen molar-refractivity contribution in [2.75, 3.05) is 19.7 Å². The van der Waals surface area contributed by atoms with Gasteiger partial charge in [-0.1, -0.05) is 32.1 Å². The third-order valence-corrected chi connectivity index (χ3v) is 4.47. The highest BCUT2D eigenvalue weighted by Crippen LogP contribution is 2.26. The Hall–Kier alpha value is -1.59. The van der Waals surface area contributed by atoms with Crippen LogP contribution in [0.1, 0.15) is 32.1 Å². The van der Waals surface area contributed by atoms with Crippen LogP contribution in [0.4, 0.5) is 0 Å². The lowest BCUT2D eigenvalue weighted by molar-refractivity contribution is 0.298. The monoisotopic (exact) mass is 320 g/mol. The molecule has 120 valence electrons. The van der Waals surface area contributed by atoms with E-state index in [9.17, 15) is 4.79 Å². The second kappa shape index (κ2) is 8.15. The van der Waals surface area contributed by atoms with Gasteiger partial charge in [0.25, 0.3) is 0 Å². The van der Waals surface area contributed by atoms with E-state index in [2.05, 4.69) is 30.7 Å². The summed E-state index contributed by atoms with van der Waals surface area (Å²) < 4.78 is 5.60. The summed E-state index contributed by atoms with van der Waals surface area (Å²) in [4.78, 5) is 18.1. The fourth-order valence-electron chi connectivity index (χ4n) is 2.29. The molecule has 5 heteroatoms. The number of aromatic nitrogens is 1. The van der Waals surface area contributed by atoms with Gasteiger partial charge in [0.05, 0.1) is 12.3 Å². The molecule has 0 aliphatic heterocycles. The predicted octanol–water partition coefficient (Wildman–Crippen LogP) is 3.73. The lowest BCUT2D eigenvalue weighted by atomic mass is 10.1. The molecule has 1 aromatic heterocycles. The molecular formula is C17H24N2O2S. The Kier molecular flexibility index (Phi) is 6.21. The van der Waals surface area contributed by atoms with Crippen molar-refractivity contribution in [1.82, 2.24) is 9.88 Å². The van der Waals surface area contributed by atoms with Crippen molar-refractivity contribution < 1.29 is 4.74 Å². The Morgan fingerprint density at radius 1 is 1.14 bits per heavy atom. The van der Waals surface area contributed by atoms with Crippen LogP contribution in [-0.4, -0.2) is 29.6 Å². The van der Waals surface area contributed by atoms with Gasteiger partial charge >= 0.3 is 4.87 Å². The Labute approximate surface area is 135 Å². The summed E-state index contributed by atoms with van der Waals surface area (Å²) in [5.74, 6) is 0.869. The molecule has 4 nitrogen and oxygen atoms in total. The van der Waals surface area contributed by atoms with Crippen LogP contribution in [0.25, 0.3) is 11.3 Å². The quantitative estimate of drug-likeness (QED) is 0.806. The van der Waals surface area contributed by atoms with E-state index in [0.717, 1.165) is 54.5 Å². The summed E-state index contributed by atoms with van der Waals surface area (Å²) in [7, 11) is 0. The maximum Gasteiger partial charge on any atom is 0.305 e. The highest BCUT2D eigenvalue weighted by molar-refractivity contribution is 7.09. The lowest BCUT2D eigenvalue weighted by Gasteiger charge is -2.17. The van der Waals surface area contributed by atoms with E-state index in [4.69, 9.17) is 4.74 Å². The fourth-order valence-corrected chi connectivity index (χ4v) is 3.19. The minimum atomic E-state index is 0.00321. The molecule has 0 fully saturated rings. The highest BCUT2D eigenvalue weighted by Gasteiger charge is 2.13. The maximum atomic E-state index is 11.8. The number of H-pyrrole nitrogens is 1. The number of aromatic amines is 1. The second-order valence-corrected chi connectivity index (χ2v) is 6.21.